The van der Waals surface area contributed by atoms with Crippen molar-refractivity contribution in [2.24, 2.45) is 11.1 Å². The molecule has 0 unspecified atom stereocenters. The molecule has 5 aromatic rings. The minimum Gasteiger partial charge on any atom is -0.489 e. The van der Waals surface area contributed by atoms with Crippen LogP contribution in [0.3, 0.4) is 0 Å². The minimum atomic E-state index is -4.73. The van der Waals surface area contributed by atoms with Crippen LogP contribution in [0.25, 0.3) is 16.6 Å². The average Bonchev–Trinajstić information content (AvgIpc) is 4.09. The molecule has 4 N–H and O–H groups in total. The number of pyridine rings is 1. The van der Waals surface area contributed by atoms with Gasteiger partial charge in [0.1, 0.15) is 29.4 Å². The summed E-state index contributed by atoms with van der Waals surface area (Å²) >= 11 is 6.30. The molecule has 3 atom stereocenters. The fourth-order valence-corrected chi connectivity index (χ4v) is 12.9. The Morgan fingerprint density at radius 3 is 2.56 bits per heavy atom. The number of nitro groups is 1. The lowest BCUT2D eigenvalue weighted by molar-refractivity contribution is -0.384. The van der Waals surface area contributed by atoms with E-state index in [9.17, 15) is 14.9 Å². The number of carbonyl (C=O) groups excluding carboxylic acids is 1. The number of nitrogens with one attached hydrogen (secondary N) is 2. The molecule has 17 nitrogen and oxygen atoms in total. The second-order valence-corrected chi connectivity index (χ2v) is 21.9. The quantitative estimate of drug-likeness (QED) is 0.0901. The monoisotopic (exact) mass is 963 g/mol. The number of aromatic nitrogens is 2. The van der Waals surface area contributed by atoms with Gasteiger partial charge < -0.3 is 40.0 Å². The van der Waals surface area contributed by atoms with Gasteiger partial charge in [-0.1, -0.05) is 43.2 Å². The Hall–Kier alpha value is -5.92. The first kappa shape index (κ1) is 44.6. The van der Waals surface area contributed by atoms with Gasteiger partial charge in [0.05, 0.1) is 52.1 Å². The zero-order valence-corrected chi connectivity index (χ0v) is 39.6. The van der Waals surface area contributed by atoms with Crippen LogP contribution < -0.4 is 30.3 Å². The van der Waals surface area contributed by atoms with E-state index in [4.69, 9.17) is 36.5 Å². The van der Waals surface area contributed by atoms with Gasteiger partial charge in [-0.2, -0.15) is 4.98 Å². The van der Waals surface area contributed by atoms with Gasteiger partial charge in [0.25, 0.3) is 11.6 Å². The number of allylic oxidation sites excluding steroid dienone is 1. The van der Waals surface area contributed by atoms with Crippen molar-refractivity contribution in [1.29, 1.82) is 0 Å². The van der Waals surface area contributed by atoms with Crippen LogP contribution in [0.1, 0.15) is 55.5 Å². The molecule has 1 amide bonds. The van der Waals surface area contributed by atoms with Gasteiger partial charge in [-0.3, -0.25) is 24.7 Å². The number of ether oxygens (including phenoxy) is 3. The van der Waals surface area contributed by atoms with Crippen molar-refractivity contribution in [2.75, 3.05) is 87.3 Å². The van der Waals surface area contributed by atoms with Crippen LogP contribution in [0.4, 0.5) is 28.4 Å². The number of aromatic amines is 1. The molecule has 2 bridgehead atoms. The van der Waals surface area contributed by atoms with Crippen LogP contribution in [-0.2, 0) is 14.6 Å². The van der Waals surface area contributed by atoms with Gasteiger partial charge in [0.15, 0.2) is 11.4 Å². The first-order chi connectivity index (χ1) is 32.7. The average molecular weight is 965 g/mol. The lowest BCUT2D eigenvalue weighted by Crippen LogP contribution is -2.47. The van der Waals surface area contributed by atoms with E-state index >= 15 is 8.42 Å². The molecular formula is C49H54ClN9O8S. The number of hydrogen-bond donors (Lipinski definition) is 3. The van der Waals surface area contributed by atoms with E-state index in [0.29, 0.717) is 61.4 Å². The van der Waals surface area contributed by atoms with Crippen molar-refractivity contribution < 1.29 is 32.3 Å². The van der Waals surface area contributed by atoms with Crippen molar-refractivity contribution in [2.45, 2.75) is 67.5 Å². The number of rotatable bonds is 11. The highest BCUT2D eigenvalue weighted by atomic mass is 35.5. The highest BCUT2D eigenvalue weighted by Crippen LogP contribution is 2.49. The molecule has 3 fully saturated rings. The Bertz CT molecular complexity index is 2990. The third-order valence-corrected chi connectivity index (χ3v) is 16.6. The summed E-state index contributed by atoms with van der Waals surface area (Å²) in [4.78, 5) is 41.6. The summed E-state index contributed by atoms with van der Waals surface area (Å²) < 4.78 is 49.7. The predicted octanol–water partition coefficient (Wildman–Crippen LogP) is 7.02. The molecule has 356 valence electrons. The van der Waals surface area contributed by atoms with Crippen LogP contribution in [-0.4, -0.2) is 129 Å². The SMILES string of the molecule is CC1(C)CCC(CN2CCN(c3ccc(C(N)=O)c(N4CCOc5nc6[nH]ccc6cc54)c3S(=O)(=O)c3cc4c(c([N+](=O)[O-])c3)N[C@H](CN3C[C@@H]5C[C@H]3CO5)CO4)CC2)=C(c2ccc(Cl)cc2)C1. The van der Waals surface area contributed by atoms with E-state index in [2.05, 4.69) is 46.1 Å². The van der Waals surface area contributed by atoms with Crippen LogP contribution in [0, 0.1) is 15.5 Å². The van der Waals surface area contributed by atoms with E-state index < -0.39 is 26.4 Å². The van der Waals surface area contributed by atoms with E-state index in [1.165, 1.54) is 22.8 Å². The van der Waals surface area contributed by atoms with E-state index in [1.54, 1.807) is 23.2 Å². The molecule has 5 aliphatic heterocycles. The van der Waals surface area contributed by atoms with Crippen molar-refractivity contribution in [3.63, 3.8) is 0 Å². The lowest BCUT2D eigenvalue weighted by atomic mass is 9.72. The van der Waals surface area contributed by atoms with Crippen molar-refractivity contribution in [1.82, 2.24) is 19.8 Å². The zero-order chi connectivity index (χ0) is 47.1. The largest absolute Gasteiger partial charge is 0.489 e. The minimum absolute atomic E-state index is 0.0379. The number of morpholine rings is 1. The number of benzene rings is 3. The Kier molecular flexibility index (Phi) is 11.3. The van der Waals surface area contributed by atoms with Crippen LogP contribution in [0.2, 0.25) is 5.02 Å². The van der Waals surface area contributed by atoms with Gasteiger partial charge in [-0.15, -0.1) is 0 Å². The normalized spacial score (nSPS) is 22.7. The van der Waals surface area contributed by atoms with Gasteiger partial charge in [-0.25, -0.2) is 8.42 Å². The maximum Gasteiger partial charge on any atom is 0.297 e. The molecule has 6 aliphatic rings. The first-order valence-electron chi connectivity index (χ1n) is 23.3. The van der Waals surface area contributed by atoms with Crippen molar-refractivity contribution in [3.8, 4) is 11.6 Å². The number of nitro benzene ring substituents is 1. The van der Waals surface area contributed by atoms with Crippen LogP contribution in [0.5, 0.6) is 11.6 Å². The summed E-state index contributed by atoms with van der Waals surface area (Å²) in [6.45, 7) is 10.0. The van der Waals surface area contributed by atoms with Crippen molar-refractivity contribution >= 4 is 72.4 Å². The number of piperazine rings is 1. The number of carbonyl (C=O) groups is 1. The molecule has 2 aromatic heterocycles. The highest BCUT2D eigenvalue weighted by molar-refractivity contribution is 7.91. The summed E-state index contributed by atoms with van der Waals surface area (Å²) in [5.41, 5.74) is 11.3. The summed E-state index contributed by atoms with van der Waals surface area (Å²) in [6.07, 6.45) is 5.88. The third kappa shape index (κ3) is 8.18. The zero-order valence-electron chi connectivity index (χ0n) is 38.0. The fourth-order valence-electron chi connectivity index (χ4n) is 11.0. The number of H-pyrrole nitrogens is 1. The van der Waals surface area contributed by atoms with Crippen molar-refractivity contribution in [3.05, 3.63) is 98.7 Å². The molecule has 11 rings (SSSR count). The molecule has 7 heterocycles. The maximum absolute atomic E-state index is 15.8. The van der Waals surface area contributed by atoms with Gasteiger partial charge in [0.2, 0.25) is 15.7 Å². The molecule has 19 heteroatoms. The van der Waals surface area contributed by atoms with Gasteiger partial charge >= 0.3 is 0 Å². The molecule has 0 radical (unpaired) electrons. The lowest BCUT2D eigenvalue weighted by Gasteiger charge is -2.40. The number of sulfone groups is 1. The second kappa shape index (κ2) is 17.2. The number of anilines is 4. The molecule has 3 aromatic carbocycles. The molecule has 68 heavy (non-hydrogen) atoms. The molecule has 3 saturated heterocycles. The number of nitrogens with two attached hydrogens (primary N) is 1. The number of nitrogens with zero attached hydrogens (tertiary/aromatic N) is 6. The fraction of sp³-hybridized carbons (Fsp3) is 0.429. The first-order valence-corrected chi connectivity index (χ1v) is 25.2. The Labute approximate surface area is 399 Å². The Morgan fingerprint density at radius 1 is 1.01 bits per heavy atom. The molecule has 0 saturated carbocycles. The number of likely N-dealkylation sites (tertiary alicyclic amines) is 1. The number of amides is 1. The van der Waals surface area contributed by atoms with E-state index in [1.807, 2.05) is 29.2 Å². The van der Waals surface area contributed by atoms with Gasteiger partial charge in [0, 0.05) is 80.6 Å². The van der Waals surface area contributed by atoms with E-state index in [-0.39, 0.29) is 81.7 Å². The molecule has 1 aliphatic carbocycles. The number of primary amides is 1. The second-order valence-electron chi connectivity index (χ2n) is 19.6. The molecule has 0 spiro atoms. The topological polar surface area (TPSA) is 202 Å². The molecular weight excluding hydrogens is 910 g/mol. The van der Waals surface area contributed by atoms with Gasteiger partial charge in [-0.05, 0) is 78.6 Å². The standard InChI is InChI=1S/C49H54ClN9O8S/c1-49(2)11-9-31(38(23-49)29-3-5-32(50)6-4-29)24-55-13-15-56(16-14-55)39-8-7-37(46(51)60)44(58-17-18-65-48-41(58)19-30-10-12-52-47(30)54-48)45(39)68(63,64)36-21-40(59(61)62)43-42(22-36)67-27-33(53-43)25-57-26-35-20-34(57)28-66-35/h3-8,10,12,19,21-22,33-35,53H,9,11,13-18,20,23-28H2,1-2H3,(H2,51,60)(H,52,54)/t33-,34+,35+/m1/s1. The van der Waals surface area contributed by atoms with E-state index in [0.717, 1.165) is 50.2 Å². The van der Waals surface area contributed by atoms with Crippen LogP contribution >= 0.6 is 11.6 Å². The summed E-state index contributed by atoms with van der Waals surface area (Å²) in [5.74, 6) is -0.544. The summed E-state index contributed by atoms with van der Waals surface area (Å²) in [7, 11) is -4.73. The Morgan fingerprint density at radius 2 is 1.82 bits per heavy atom. The number of halogens is 1. The number of hydrogen-bond acceptors (Lipinski definition) is 14. The summed E-state index contributed by atoms with van der Waals surface area (Å²) in [6, 6.07) is 17.4. The maximum atomic E-state index is 15.8. The Balaban J connectivity index is 0.981. The number of fused-ring (bicyclic) bond motifs is 5. The third-order valence-electron chi connectivity index (χ3n) is 14.6. The predicted molar refractivity (Wildman–Crippen MR) is 259 cm³/mol. The highest BCUT2D eigenvalue weighted by Gasteiger charge is 2.42. The van der Waals surface area contributed by atoms with Crippen LogP contribution in [0.15, 0.2) is 82.2 Å². The smallest absolute Gasteiger partial charge is 0.297 e. The summed E-state index contributed by atoms with van der Waals surface area (Å²) in [5, 5.41) is 17.7.